The summed E-state index contributed by atoms with van der Waals surface area (Å²) in [5, 5.41) is 17.3. The van der Waals surface area contributed by atoms with Crippen LogP contribution in [0, 0.1) is 5.82 Å². The molecule has 1 atom stereocenters. The summed E-state index contributed by atoms with van der Waals surface area (Å²) in [7, 11) is 1.71. The average molecular weight is 499 g/mol. The first-order chi connectivity index (χ1) is 16.9. The molecule has 0 amide bonds. The van der Waals surface area contributed by atoms with Crippen LogP contribution in [0.15, 0.2) is 40.4 Å². The first-order valence-electron chi connectivity index (χ1n) is 11.3. The van der Waals surface area contributed by atoms with Gasteiger partial charge in [-0.3, -0.25) is 14.5 Å². The number of hydrogen-bond donors (Lipinski definition) is 2. The van der Waals surface area contributed by atoms with E-state index in [-0.39, 0.29) is 23.9 Å². The lowest BCUT2D eigenvalue weighted by molar-refractivity contribution is 0.0694. The second-order valence-electron chi connectivity index (χ2n) is 8.80. The van der Waals surface area contributed by atoms with E-state index in [1.54, 1.807) is 34.3 Å². The summed E-state index contributed by atoms with van der Waals surface area (Å²) < 4.78 is 23.0. The molecule has 1 saturated heterocycles. The Balaban J connectivity index is 1.32. The van der Waals surface area contributed by atoms with Gasteiger partial charge in [0.05, 0.1) is 11.9 Å². The van der Waals surface area contributed by atoms with Crippen LogP contribution in [-0.2, 0) is 0 Å². The van der Waals surface area contributed by atoms with Crippen molar-refractivity contribution in [2.24, 2.45) is 0 Å². The van der Waals surface area contributed by atoms with Gasteiger partial charge in [-0.1, -0.05) is 6.08 Å². The van der Waals surface area contributed by atoms with Gasteiger partial charge in [0, 0.05) is 56.2 Å². The molecule has 1 aromatic carbocycles. The molecule has 182 valence electrons. The number of nitrogens with one attached hydrogen (secondary N) is 1. The normalized spacial score (nSPS) is 19.0. The van der Waals surface area contributed by atoms with E-state index < -0.39 is 22.8 Å². The van der Waals surface area contributed by atoms with Gasteiger partial charge in [-0.05, 0) is 12.5 Å². The zero-order valence-electron chi connectivity index (χ0n) is 18.9. The average Bonchev–Trinajstić information content (AvgIpc) is 3.50. The van der Waals surface area contributed by atoms with Gasteiger partial charge in [-0.15, -0.1) is 11.3 Å². The van der Waals surface area contributed by atoms with Crippen LogP contribution >= 0.6 is 11.3 Å². The Bertz CT molecular complexity index is 1420. The maximum atomic E-state index is 15.5. The fraction of sp³-hybridized carbons (Fsp3) is 0.348. The maximum absolute atomic E-state index is 15.5. The highest BCUT2D eigenvalue weighted by atomic mass is 32.1. The summed E-state index contributed by atoms with van der Waals surface area (Å²) in [4.78, 5) is 33.0. The number of ether oxygens (including phenoxy) is 1. The van der Waals surface area contributed by atoms with Crippen LogP contribution in [0.4, 0.5) is 15.2 Å². The van der Waals surface area contributed by atoms with Crippen LogP contribution in [0.1, 0.15) is 16.8 Å². The molecule has 0 spiro atoms. The fourth-order valence-corrected chi connectivity index (χ4v) is 5.68. The summed E-state index contributed by atoms with van der Waals surface area (Å²) in [5.74, 6) is -1.66. The lowest BCUT2D eigenvalue weighted by Gasteiger charge is -2.42. The van der Waals surface area contributed by atoms with E-state index in [9.17, 15) is 14.7 Å². The zero-order chi connectivity index (χ0) is 24.3. The van der Waals surface area contributed by atoms with Crippen molar-refractivity contribution in [3.05, 3.63) is 57.2 Å². The zero-order valence-corrected chi connectivity index (χ0v) is 19.7. The van der Waals surface area contributed by atoms with Crippen molar-refractivity contribution in [3.8, 4) is 5.75 Å². The van der Waals surface area contributed by atoms with Gasteiger partial charge < -0.3 is 25.0 Å². The molecular weight excluding hydrogens is 475 g/mol. The lowest BCUT2D eigenvalue weighted by atomic mass is 10.1. The molecule has 1 fully saturated rings. The monoisotopic (exact) mass is 498 g/mol. The van der Waals surface area contributed by atoms with E-state index >= 15 is 4.39 Å². The molecule has 0 aliphatic carbocycles. The van der Waals surface area contributed by atoms with Crippen molar-refractivity contribution < 1.29 is 19.0 Å². The Morgan fingerprint density at radius 3 is 3.03 bits per heavy atom. The minimum Gasteiger partial charge on any atom is -0.477 e. The summed E-state index contributed by atoms with van der Waals surface area (Å²) in [6.07, 6.45) is 6.11. The number of carboxylic acids is 1. The summed E-state index contributed by atoms with van der Waals surface area (Å²) in [6, 6.07) is 1.34. The number of halogens is 1. The number of pyridine rings is 1. The van der Waals surface area contributed by atoms with Crippen LogP contribution in [0.2, 0.25) is 0 Å². The SMILES string of the molecule is CN1COc2c(N3CCN4C(CNc5nccs5)=CCC4C3)c(F)cc3c(=O)c(C(=O)O)cn1c23. The minimum atomic E-state index is -1.35. The van der Waals surface area contributed by atoms with Crippen LogP contribution in [0.5, 0.6) is 5.75 Å². The number of fused-ring (bicyclic) bond motifs is 1. The van der Waals surface area contributed by atoms with Crippen molar-refractivity contribution in [2.75, 3.05) is 55.2 Å². The van der Waals surface area contributed by atoms with Crippen LogP contribution < -0.4 is 25.4 Å². The van der Waals surface area contributed by atoms with E-state index in [1.807, 2.05) is 10.3 Å². The van der Waals surface area contributed by atoms with Gasteiger partial charge in [0.1, 0.15) is 16.8 Å². The Labute approximate surface area is 203 Å². The van der Waals surface area contributed by atoms with E-state index in [2.05, 4.69) is 21.3 Å². The predicted molar refractivity (Wildman–Crippen MR) is 131 cm³/mol. The van der Waals surface area contributed by atoms with Gasteiger partial charge in [0.15, 0.2) is 23.4 Å². The van der Waals surface area contributed by atoms with Gasteiger partial charge in [-0.2, -0.15) is 0 Å². The number of rotatable bonds is 5. The molecule has 10 nitrogen and oxygen atoms in total. The van der Waals surface area contributed by atoms with Crippen LogP contribution in [0.25, 0.3) is 10.9 Å². The number of aromatic nitrogens is 2. The quantitative estimate of drug-likeness (QED) is 0.547. The van der Waals surface area contributed by atoms with Gasteiger partial charge in [-0.25, -0.2) is 14.2 Å². The van der Waals surface area contributed by atoms with Gasteiger partial charge in [0.25, 0.3) is 0 Å². The number of thiazole rings is 1. The first-order valence-corrected chi connectivity index (χ1v) is 12.1. The van der Waals surface area contributed by atoms with Crippen molar-refractivity contribution in [1.29, 1.82) is 0 Å². The molecule has 6 rings (SSSR count). The molecule has 0 saturated carbocycles. The van der Waals surface area contributed by atoms with E-state index in [0.29, 0.717) is 30.8 Å². The Kier molecular flexibility index (Phi) is 5.06. The van der Waals surface area contributed by atoms with Crippen molar-refractivity contribution >= 4 is 39.0 Å². The van der Waals surface area contributed by atoms with Crippen LogP contribution in [-0.4, -0.2) is 71.6 Å². The number of nitrogens with zero attached hydrogens (tertiary/aromatic N) is 5. The molecule has 3 aromatic rings. The Morgan fingerprint density at radius 2 is 2.26 bits per heavy atom. The van der Waals surface area contributed by atoms with Crippen molar-refractivity contribution in [2.45, 2.75) is 12.5 Å². The molecule has 12 heteroatoms. The highest BCUT2D eigenvalue weighted by molar-refractivity contribution is 7.13. The maximum Gasteiger partial charge on any atom is 0.341 e. The lowest BCUT2D eigenvalue weighted by Crippen LogP contribution is -2.51. The standard InChI is InChI=1S/C23H23FN6O4S/c1-27-12-34-21-18-15(20(31)16(22(32)33)11-30(18)27)8-17(24)19(21)28-5-6-29-13(2-3-14(29)10-28)9-26-23-25-4-7-35-23/h2,4,7-8,11,14H,3,5-6,9-10,12H2,1H3,(H,25,26)(H,32,33). The molecule has 3 aliphatic heterocycles. The fourth-order valence-electron chi connectivity index (χ4n) is 5.15. The highest BCUT2D eigenvalue weighted by Gasteiger charge is 2.36. The van der Waals surface area contributed by atoms with Crippen LogP contribution in [0.3, 0.4) is 0 Å². The number of aromatic carboxylic acids is 1. The second kappa shape index (κ2) is 8.15. The summed E-state index contributed by atoms with van der Waals surface area (Å²) in [5.41, 5.74) is 0.768. The van der Waals surface area contributed by atoms with E-state index in [0.717, 1.165) is 24.2 Å². The molecule has 3 aliphatic rings. The molecule has 0 bridgehead atoms. The summed E-state index contributed by atoms with van der Waals surface area (Å²) >= 11 is 1.56. The van der Waals surface area contributed by atoms with E-state index in [4.69, 9.17) is 4.74 Å². The molecule has 2 N–H and O–H groups in total. The smallest absolute Gasteiger partial charge is 0.341 e. The molecular formula is C23H23FN6O4S. The number of carboxylic acid groups (broad SMARTS) is 1. The number of piperazine rings is 1. The summed E-state index contributed by atoms with van der Waals surface area (Å²) in [6.45, 7) is 2.68. The molecule has 35 heavy (non-hydrogen) atoms. The largest absolute Gasteiger partial charge is 0.477 e. The molecule has 2 aromatic heterocycles. The molecule has 1 unspecified atom stereocenters. The van der Waals surface area contributed by atoms with E-state index in [1.165, 1.54) is 11.9 Å². The second-order valence-corrected chi connectivity index (χ2v) is 9.69. The third-order valence-corrected chi connectivity index (χ3v) is 7.52. The molecule has 0 radical (unpaired) electrons. The third kappa shape index (κ3) is 3.47. The highest BCUT2D eigenvalue weighted by Crippen LogP contribution is 2.41. The topological polar surface area (TPSA) is 103 Å². The number of carbonyl (C=O) groups is 1. The van der Waals surface area contributed by atoms with Crippen molar-refractivity contribution in [3.63, 3.8) is 0 Å². The molecule has 5 heterocycles. The Morgan fingerprint density at radius 1 is 1.40 bits per heavy atom. The first kappa shape index (κ1) is 21.7. The third-order valence-electron chi connectivity index (χ3n) is 6.79. The predicted octanol–water partition coefficient (Wildman–Crippen LogP) is 2.10. The number of hydrogen-bond acceptors (Lipinski definition) is 9. The van der Waals surface area contributed by atoms with Gasteiger partial charge >= 0.3 is 5.97 Å². The number of benzene rings is 1. The van der Waals surface area contributed by atoms with Crippen molar-refractivity contribution in [1.82, 2.24) is 14.6 Å². The van der Waals surface area contributed by atoms with Gasteiger partial charge in [0.2, 0.25) is 5.43 Å². The Hall–Kier alpha value is -3.80. The minimum absolute atomic E-state index is 0.00980. The number of anilines is 2.